The van der Waals surface area contributed by atoms with Gasteiger partial charge in [-0.1, -0.05) is 74.4 Å². The lowest BCUT2D eigenvalue weighted by Crippen LogP contribution is -2.06. The summed E-state index contributed by atoms with van der Waals surface area (Å²) in [6, 6.07) is 21.9. The molecule has 5 aromatic rings. The molecule has 0 bridgehead atoms. The summed E-state index contributed by atoms with van der Waals surface area (Å²) in [4.78, 5) is 27.7. The quantitative estimate of drug-likeness (QED) is 0.226. The lowest BCUT2D eigenvalue weighted by atomic mass is 9.98. The van der Waals surface area contributed by atoms with Crippen molar-refractivity contribution in [3.63, 3.8) is 0 Å². The van der Waals surface area contributed by atoms with Crippen molar-refractivity contribution in [1.82, 2.24) is 0 Å². The maximum absolute atomic E-state index is 13.0. The van der Waals surface area contributed by atoms with Crippen LogP contribution in [0.1, 0.15) is 33.4 Å². The molecule has 0 saturated heterocycles. The summed E-state index contributed by atoms with van der Waals surface area (Å²) in [5.74, 6) is 0. The van der Waals surface area contributed by atoms with Crippen molar-refractivity contribution in [1.29, 1.82) is 0 Å². The highest BCUT2D eigenvalue weighted by Crippen LogP contribution is 2.32. The molecule has 0 unspecified atom stereocenters. The molecule has 2 nitrogen and oxygen atoms in total. The average Bonchev–Trinajstić information content (AvgIpc) is 2.93. The monoisotopic (exact) mass is 516 g/mol. The van der Waals surface area contributed by atoms with Crippen LogP contribution in [0.2, 0.25) is 0 Å². The second-order valence-corrected chi connectivity index (χ2v) is 10.8. The summed E-state index contributed by atoms with van der Waals surface area (Å²) in [6.45, 7) is 13.6. The fraction of sp³-hybridized carbons (Fsp3) is 0.0303. The van der Waals surface area contributed by atoms with Gasteiger partial charge in [-0.15, -0.1) is 22.7 Å². The van der Waals surface area contributed by atoms with Gasteiger partial charge < -0.3 is 0 Å². The minimum absolute atomic E-state index is 0.00538. The zero-order valence-electron chi connectivity index (χ0n) is 20.4. The Morgan fingerprint density at radius 1 is 0.676 bits per heavy atom. The molecule has 0 aliphatic heterocycles. The molecule has 0 aliphatic rings. The van der Waals surface area contributed by atoms with E-state index in [1.807, 2.05) is 42.5 Å². The van der Waals surface area contributed by atoms with Gasteiger partial charge in [0, 0.05) is 41.1 Å². The van der Waals surface area contributed by atoms with Crippen LogP contribution in [0, 0.1) is 0 Å². The van der Waals surface area contributed by atoms with Gasteiger partial charge in [0.25, 0.3) is 0 Å². The van der Waals surface area contributed by atoms with Gasteiger partial charge in [0.1, 0.15) is 0 Å². The van der Waals surface area contributed by atoms with Gasteiger partial charge in [-0.05, 0) is 65.6 Å². The first-order valence-electron chi connectivity index (χ1n) is 11.8. The first-order valence-corrected chi connectivity index (χ1v) is 13.4. The van der Waals surface area contributed by atoms with Crippen molar-refractivity contribution in [3.8, 4) is 11.1 Å². The van der Waals surface area contributed by atoms with Crippen LogP contribution < -0.4 is 10.9 Å². The molecule has 0 N–H and O–H groups in total. The molecule has 0 aliphatic carbocycles. The number of rotatable bonds is 6. The molecule has 5 rings (SSSR count). The predicted molar refractivity (Wildman–Crippen MR) is 165 cm³/mol. The van der Waals surface area contributed by atoms with Crippen LogP contribution in [0.3, 0.4) is 0 Å². The van der Waals surface area contributed by atoms with Gasteiger partial charge in [0.2, 0.25) is 0 Å². The van der Waals surface area contributed by atoms with E-state index in [9.17, 15) is 9.59 Å². The highest BCUT2D eigenvalue weighted by molar-refractivity contribution is 7.19. The van der Waals surface area contributed by atoms with E-state index in [0.717, 1.165) is 46.8 Å². The number of allylic oxidation sites excluding steroid dienone is 1. The average molecular weight is 517 g/mol. The molecule has 0 spiro atoms. The van der Waals surface area contributed by atoms with Gasteiger partial charge in [-0.2, -0.15) is 0 Å². The smallest absolute Gasteiger partial charge is 0.195 e. The van der Waals surface area contributed by atoms with E-state index in [1.165, 1.54) is 0 Å². The standard InChI is InChI=1S/C33H24O2S2/c1-5-24-28(7-3)36-31-19-23(15-16-27(31)32(24)34)22-12-10-11-21(18-22)20(4)17-30-25(6-2)33(35)26-13-8-9-14-29(26)37-30/h5-19H,1-3H2,4H3/b20-17+. The number of fused-ring (bicyclic) bond motifs is 2. The van der Waals surface area contributed by atoms with Crippen molar-refractivity contribution in [3.05, 3.63) is 133 Å². The molecule has 2 heterocycles. The lowest BCUT2D eigenvalue weighted by molar-refractivity contribution is 1.56. The first-order chi connectivity index (χ1) is 17.9. The fourth-order valence-corrected chi connectivity index (χ4v) is 6.69. The molecule has 0 atom stereocenters. The third-order valence-corrected chi connectivity index (χ3v) is 8.71. The Morgan fingerprint density at radius 3 is 2.05 bits per heavy atom. The molecule has 0 amide bonds. The summed E-state index contributed by atoms with van der Waals surface area (Å²) in [6.07, 6.45) is 7.03. The zero-order valence-corrected chi connectivity index (χ0v) is 22.0. The highest BCUT2D eigenvalue weighted by atomic mass is 32.1. The molecule has 4 heteroatoms. The summed E-state index contributed by atoms with van der Waals surface area (Å²) in [7, 11) is 0. The molecule has 180 valence electrons. The Kier molecular flexibility index (Phi) is 6.70. The molecule has 0 radical (unpaired) electrons. The van der Waals surface area contributed by atoms with E-state index >= 15 is 0 Å². The van der Waals surface area contributed by atoms with E-state index in [2.05, 4.69) is 57.0 Å². The number of hydrogen-bond donors (Lipinski definition) is 0. The fourth-order valence-electron chi connectivity index (χ4n) is 4.45. The van der Waals surface area contributed by atoms with E-state index < -0.39 is 0 Å². The van der Waals surface area contributed by atoms with Crippen molar-refractivity contribution >= 4 is 72.7 Å². The zero-order chi connectivity index (χ0) is 26.1. The Balaban J connectivity index is 1.59. The van der Waals surface area contributed by atoms with Crippen molar-refractivity contribution < 1.29 is 0 Å². The van der Waals surface area contributed by atoms with Gasteiger partial charge in [0.05, 0.1) is 0 Å². The van der Waals surface area contributed by atoms with Crippen molar-refractivity contribution in [2.75, 3.05) is 0 Å². The van der Waals surface area contributed by atoms with E-state index in [1.54, 1.807) is 40.9 Å². The molecule has 2 aromatic heterocycles. The third-order valence-electron chi connectivity index (χ3n) is 6.41. The Hall–Kier alpha value is -4.12. The lowest BCUT2D eigenvalue weighted by Gasteiger charge is -2.09. The predicted octanol–water partition coefficient (Wildman–Crippen LogP) is 8.99. The van der Waals surface area contributed by atoms with Crippen LogP contribution in [0.4, 0.5) is 0 Å². The molecule has 37 heavy (non-hydrogen) atoms. The molecular formula is C33H24O2S2. The maximum atomic E-state index is 13.0. The molecule has 0 saturated carbocycles. The largest absolute Gasteiger partial charge is 0.289 e. The van der Waals surface area contributed by atoms with Crippen LogP contribution in [-0.4, -0.2) is 0 Å². The van der Waals surface area contributed by atoms with Crippen LogP contribution >= 0.6 is 22.7 Å². The van der Waals surface area contributed by atoms with E-state index in [-0.39, 0.29) is 10.9 Å². The molecule has 0 fully saturated rings. The van der Waals surface area contributed by atoms with E-state index in [4.69, 9.17) is 0 Å². The van der Waals surface area contributed by atoms with E-state index in [0.29, 0.717) is 16.5 Å². The SMILES string of the molecule is C=Cc1sc2cc(-c3cccc(/C(C)=C/c4sc5ccccc5c(=O)c4C=C)c3)ccc2c(=O)c1C=C. The second kappa shape index (κ2) is 10.1. The van der Waals surface area contributed by atoms with Crippen LogP contribution in [0.15, 0.2) is 96.1 Å². The van der Waals surface area contributed by atoms with Crippen LogP contribution in [0.5, 0.6) is 0 Å². The topological polar surface area (TPSA) is 34.1 Å². The van der Waals surface area contributed by atoms with Gasteiger partial charge in [-0.3, -0.25) is 9.59 Å². The summed E-state index contributed by atoms with van der Waals surface area (Å²) < 4.78 is 1.87. The van der Waals surface area contributed by atoms with Gasteiger partial charge in [-0.25, -0.2) is 0 Å². The van der Waals surface area contributed by atoms with Crippen LogP contribution in [0.25, 0.3) is 61.2 Å². The molecular weight excluding hydrogens is 492 g/mol. The van der Waals surface area contributed by atoms with Crippen molar-refractivity contribution in [2.45, 2.75) is 6.92 Å². The number of hydrogen-bond acceptors (Lipinski definition) is 4. The van der Waals surface area contributed by atoms with Gasteiger partial charge in [0.15, 0.2) is 10.9 Å². The normalized spacial score (nSPS) is 11.5. The van der Waals surface area contributed by atoms with Crippen LogP contribution in [-0.2, 0) is 0 Å². The van der Waals surface area contributed by atoms with Gasteiger partial charge >= 0.3 is 0 Å². The maximum Gasteiger partial charge on any atom is 0.195 e. The van der Waals surface area contributed by atoms with Crippen molar-refractivity contribution in [2.24, 2.45) is 0 Å². The summed E-state index contributed by atoms with van der Waals surface area (Å²) >= 11 is 3.14. The minimum atomic E-state index is -0.0230. The summed E-state index contributed by atoms with van der Waals surface area (Å²) in [5, 5.41) is 1.40. The first kappa shape index (κ1) is 24.6. The summed E-state index contributed by atoms with van der Waals surface area (Å²) in [5.41, 5.74) is 5.39. The number of benzene rings is 3. The Labute approximate surface area is 223 Å². The molecule has 3 aromatic carbocycles. The Morgan fingerprint density at radius 2 is 1.32 bits per heavy atom. The Bertz CT molecular complexity index is 1880. The highest BCUT2D eigenvalue weighted by Gasteiger charge is 2.12. The second-order valence-electron chi connectivity index (χ2n) is 8.65. The third kappa shape index (κ3) is 4.46. The minimum Gasteiger partial charge on any atom is -0.289 e.